The second kappa shape index (κ2) is 24.3. The lowest BCUT2D eigenvalue weighted by atomic mass is 9.74. The smallest absolute Gasteiger partial charge is 0.418 e. The standard InChI is InChI=1S/C55H66N8O12S2/c1-52(2,3)73-50(66)57-29-18-28-56-48(59-51(67)74-53(4,5)6)62-30-27-37-33-42(26-25-38(37)35-62)71-31-32-72-61-46(45(64)34-43-47(65)63(54(43,7)8)75-77(68,69)70)44-36-76-49(58-44)60-55(39-19-12-9-13-20-39,40-21-14-10-15-22-40)41-23-16-11-17-24-41/h9-17,19-26,33,36,43H,18,27-32,34-35H2,1-8H3,(H,57,66)(H,58,60)(H,56,59,67)(H,68,69,70)/b61-46-/t43-/m1/s1. The maximum Gasteiger partial charge on any atom is 0.418 e. The molecule has 2 aliphatic heterocycles. The molecular formula is C55H66N8O12S2. The number of nitrogens with zero attached hydrogens (tertiary/aromatic N) is 5. The number of amides is 3. The van der Waals surface area contributed by atoms with Gasteiger partial charge < -0.3 is 34.6 Å². The van der Waals surface area contributed by atoms with E-state index in [0.29, 0.717) is 60.9 Å². The van der Waals surface area contributed by atoms with Gasteiger partial charge in [-0.15, -0.1) is 15.6 Å². The van der Waals surface area contributed by atoms with Crippen molar-refractivity contribution in [1.82, 2.24) is 25.6 Å². The van der Waals surface area contributed by atoms with Crippen molar-refractivity contribution in [1.29, 1.82) is 0 Å². The van der Waals surface area contributed by atoms with Crippen molar-refractivity contribution in [2.45, 2.75) is 103 Å². The van der Waals surface area contributed by atoms with Crippen LogP contribution in [0.5, 0.6) is 5.75 Å². The lowest BCUT2D eigenvalue weighted by molar-refractivity contribution is -0.228. The van der Waals surface area contributed by atoms with Crippen molar-refractivity contribution in [3.8, 4) is 5.75 Å². The number of carbonyl (C=O) groups is 4. The summed E-state index contributed by atoms with van der Waals surface area (Å²) in [6, 6.07) is 35.4. The van der Waals surface area contributed by atoms with Crippen LogP contribution in [0.15, 0.2) is 125 Å². The maximum atomic E-state index is 14.3. The minimum Gasteiger partial charge on any atom is -0.490 e. The minimum atomic E-state index is -5.02. The third-order valence-corrected chi connectivity index (χ3v) is 13.4. The van der Waals surface area contributed by atoms with Gasteiger partial charge in [-0.05, 0) is 108 Å². The Hall–Kier alpha value is -7.40. The second-order valence-electron chi connectivity index (χ2n) is 20.8. The Labute approximate surface area is 453 Å². The molecule has 0 saturated carbocycles. The molecule has 20 nitrogen and oxygen atoms in total. The molecule has 0 spiro atoms. The van der Waals surface area contributed by atoms with Gasteiger partial charge in [0.2, 0.25) is 5.96 Å². The van der Waals surface area contributed by atoms with Crippen molar-refractivity contribution in [2.24, 2.45) is 16.1 Å². The fourth-order valence-corrected chi connectivity index (χ4v) is 9.96. The van der Waals surface area contributed by atoms with Crippen molar-refractivity contribution in [3.63, 3.8) is 0 Å². The Kier molecular flexibility index (Phi) is 18.1. The first-order valence-electron chi connectivity index (χ1n) is 25.1. The molecule has 2 aliphatic rings. The Morgan fingerprint density at radius 1 is 0.831 bits per heavy atom. The van der Waals surface area contributed by atoms with Crippen molar-refractivity contribution >= 4 is 62.4 Å². The molecule has 7 rings (SSSR count). The molecule has 4 aromatic carbocycles. The van der Waals surface area contributed by atoms with Gasteiger partial charge in [0.1, 0.15) is 34.8 Å². The van der Waals surface area contributed by atoms with E-state index < -0.39 is 68.9 Å². The van der Waals surface area contributed by atoms with Crippen LogP contribution in [0.4, 0.5) is 14.7 Å². The zero-order valence-corrected chi connectivity index (χ0v) is 46.0. The van der Waals surface area contributed by atoms with E-state index in [1.165, 1.54) is 25.2 Å². The van der Waals surface area contributed by atoms with Gasteiger partial charge in [0.05, 0.1) is 11.5 Å². The topological polar surface area (TPSA) is 249 Å². The average molecular weight is 1100 g/mol. The van der Waals surface area contributed by atoms with Gasteiger partial charge in [-0.25, -0.2) is 14.6 Å². The monoisotopic (exact) mass is 1090 g/mol. The first-order valence-corrected chi connectivity index (χ1v) is 27.3. The number of ketones is 1. The van der Waals surface area contributed by atoms with E-state index in [9.17, 15) is 32.1 Å². The summed E-state index contributed by atoms with van der Waals surface area (Å²) in [7, 11) is -5.02. The maximum absolute atomic E-state index is 14.3. The summed E-state index contributed by atoms with van der Waals surface area (Å²) in [6.07, 6.45) is -0.478. The highest BCUT2D eigenvalue weighted by molar-refractivity contribution is 7.80. The number of rotatable bonds is 20. The number of thiazole rings is 1. The van der Waals surface area contributed by atoms with Crippen LogP contribution in [0.25, 0.3) is 0 Å². The van der Waals surface area contributed by atoms with Crippen LogP contribution >= 0.6 is 11.3 Å². The number of oxime groups is 1. The van der Waals surface area contributed by atoms with E-state index in [1.54, 1.807) is 46.9 Å². The highest BCUT2D eigenvalue weighted by atomic mass is 32.3. The lowest BCUT2D eigenvalue weighted by Crippen LogP contribution is -2.68. The molecular weight excluding hydrogens is 1030 g/mol. The van der Waals surface area contributed by atoms with Gasteiger partial charge in [0, 0.05) is 38.0 Å². The molecule has 0 bridgehead atoms. The van der Waals surface area contributed by atoms with Crippen molar-refractivity contribution in [3.05, 3.63) is 148 Å². The van der Waals surface area contributed by atoms with Gasteiger partial charge in [-0.3, -0.25) is 24.5 Å². The van der Waals surface area contributed by atoms with Gasteiger partial charge in [0.25, 0.3) is 5.91 Å². The van der Waals surface area contributed by atoms with Crippen molar-refractivity contribution < 1.29 is 55.5 Å². The summed E-state index contributed by atoms with van der Waals surface area (Å²) in [5.74, 6) is -1.57. The lowest BCUT2D eigenvalue weighted by Gasteiger charge is -2.50. The first kappa shape index (κ1) is 57.3. The third kappa shape index (κ3) is 15.2. The minimum absolute atomic E-state index is 0.0307. The quantitative estimate of drug-likeness (QED) is 0.0109. The van der Waals surface area contributed by atoms with Crippen molar-refractivity contribution in [2.75, 3.05) is 38.2 Å². The number of alkyl carbamates (subject to hydrolysis) is 2. The number of nitrogens with one attached hydrogen (secondary N) is 3. The summed E-state index contributed by atoms with van der Waals surface area (Å²) >= 11 is 1.24. The number of benzene rings is 4. The number of aliphatic imine (C=N–C) groups is 1. The number of carbonyl (C=O) groups excluding carboxylic acids is 4. The Bertz CT molecular complexity index is 2950. The fraction of sp³-hybridized carbons (Fsp3) is 0.400. The van der Waals surface area contributed by atoms with Crippen LogP contribution in [-0.4, -0.2) is 113 Å². The van der Waals surface area contributed by atoms with E-state index in [0.717, 1.165) is 27.8 Å². The molecule has 5 aromatic rings. The second-order valence-corrected chi connectivity index (χ2v) is 22.7. The highest BCUT2D eigenvalue weighted by Crippen LogP contribution is 2.42. The molecule has 4 N–H and O–H groups in total. The molecule has 410 valence electrons. The first-order chi connectivity index (χ1) is 36.4. The van der Waals surface area contributed by atoms with Crippen LogP contribution in [0.2, 0.25) is 0 Å². The molecule has 1 fully saturated rings. The molecule has 22 heteroatoms. The normalized spacial score (nSPS) is 15.9. The van der Waals surface area contributed by atoms with E-state index in [4.69, 9.17) is 24.0 Å². The number of aromatic nitrogens is 1. The summed E-state index contributed by atoms with van der Waals surface area (Å²) in [4.78, 5) is 69.9. The summed E-state index contributed by atoms with van der Waals surface area (Å²) in [5.41, 5.74) is 1.18. The molecule has 0 radical (unpaired) electrons. The number of Topliss-reactive ketones (excluding diaryl/α,β-unsaturated/α-hetero) is 1. The van der Waals surface area contributed by atoms with Crippen LogP contribution < -0.4 is 20.7 Å². The van der Waals surface area contributed by atoms with Crippen LogP contribution in [0, 0.1) is 5.92 Å². The summed E-state index contributed by atoms with van der Waals surface area (Å²) in [5, 5.41) is 16.2. The molecule has 1 saturated heterocycles. The highest BCUT2D eigenvalue weighted by Gasteiger charge is 2.57. The number of anilines is 1. The third-order valence-electron chi connectivity index (χ3n) is 12.3. The van der Waals surface area contributed by atoms with E-state index in [-0.39, 0.29) is 24.6 Å². The fourth-order valence-electron chi connectivity index (χ4n) is 8.76. The number of fused-ring (bicyclic) bond motifs is 1. The Morgan fingerprint density at radius 3 is 2.00 bits per heavy atom. The van der Waals surface area contributed by atoms with Crippen LogP contribution in [0.3, 0.4) is 0 Å². The zero-order valence-electron chi connectivity index (χ0n) is 44.4. The van der Waals surface area contributed by atoms with Gasteiger partial charge in [0.15, 0.2) is 23.2 Å². The predicted octanol–water partition coefficient (Wildman–Crippen LogP) is 8.43. The SMILES string of the molecule is CC(C)(C)OC(=O)NCCCN=C(NC(=O)OC(C)(C)C)N1CCc2cc(OCCO/N=C(\C(=O)C[C@@H]3C(=O)N(OS(=O)(=O)O)C3(C)C)c3csc(NC(c4ccccc4)(c4ccccc4)c4ccccc4)n3)ccc2C1. The van der Waals surface area contributed by atoms with Crippen LogP contribution in [0.1, 0.15) is 102 Å². The molecule has 1 aromatic heterocycles. The summed E-state index contributed by atoms with van der Waals surface area (Å²) in [6.45, 7) is 15.2. The molecule has 3 amide bonds. The number of hydrogen-bond acceptors (Lipinski definition) is 16. The van der Waals surface area contributed by atoms with Gasteiger partial charge in [-0.2, -0.15) is 13.5 Å². The van der Waals surface area contributed by atoms with E-state index >= 15 is 0 Å². The Balaban J connectivity index is 1.06. The molecule has 0 unspecified atom stereocenters. The van der Waals surface area contributed by atoms with Gasteiger partial charge in [-0.1, -0.05) is 102 Å². The number of hydrogen-bond donors (Lipinski definition) is 4. The Morgan fingerprint density at radius 2 is 1.43 bits per heavy atom. The van der Waals surface area contributed by atoms with E-state index in [1.807, 2.05) is 114 Å². The largest absolute Gasteiger partial charge is 0.490 e. The number of hydroxylamine groups is 2. The molecule has 1 atom stereocenters. The molecule has 77 heavy (non-hydrogen) atoms. The zero-order chi connectivity index (χ0) is 55.6. The average Bonchev–Trinajstić information content (AvgIpc) is 3.89. The number of guanidine groups is 1. The van der Waals surface area contributed by atoms with Gasteiger partial charge >= 0.3 is 22.6 Å². The summed E-state index contributed by atoms with van der Waals surface area (Å²) < 4.78 is 53.9. The number of β-lactam (4-membered cyclic amide) rings is 1. The number of ether oxygens (including phenoxy) is 3. The predicted molar refractivity (Wildman–Crippen MR) is 291 cm³/mol. The van der Waals surface area contributed by atoms with Crippen LogP contribution in [-0.2, 0) is 57.1 Å². The molecule has 3 heterocycles. The molecule has 0 aliphatic carbocycles. The van der Waals surface area contributed by atoms with E-state index in [2.05, 4.69) is 30.4 Å².